The Kier molecular flexibility index (Phi) is 5.61. The van der Waals surface area contributed by atoms with Crippen molar-refractivity contribution in [2.24, 2.45) is 5.41 Å². The molecular formula is C23H22ClN5O2. The number of fused-ring (bicyclic) bond motifs is 1. The molecule has 0 radical (unpaired) electrons. The van der Waals surface area contributed by atoms with Gasteiger partial charge in [-0.25, -0.2) is 4.98 Å². The van der Waals surface area contributed by atoms with E-state index in [2.05, 4.69) is 25.5 Å². The van der Waals surface area contributed by atoms with Gasteiger partial charge >= 0.3 is 5.97 Å². The number of hydrogen-bond donors (Lipinski definition) is 2. The topological polar surface area (TPSA) is 92.8 Å². The lowest BCUT2D eigenvalue weighted by Gasteiger charge is -2.15. The van der Waals surface area contributed by atoms with Crippen LogP contribution in [0.25, 0.3) is 22.2 Å². The Morgan fingerprint density at radius 1 is 1.16 bits per heavy atom. The third-order valence-corrected chi connectivity index (χ3v) is 4.86. The van der Waals surface area contributed by atoms with Crippen LogP contribution in [-0.2, 0) is 11.3 Å². The maximum atomic E-state index is 12.2. The number of ether oxygens (including phenoxy) is 1. The average Bonchev–Trinajstić information content (AvgIpc) is 3.19. The van der Waals surface area contributed by atoms with Crippen molar-refractivity contribution in [3.05, 3.63) is 65.4 Å². The van der Waals surface area contributed by atoms with E-state index in [0.717, 1.165) is 22.2 Å². The number of aromatic nitrogens is 4. The smallest absolute Gasteiger partial charge is 0.318 e. The Hall–Kier alpha value is -3.45. The number of hydrogen-bond acceptors (Lipinski definition) is 6. The van der Waals surface area contributed by atoms with Crippen LogP contribution in [0.5, 0.6) is 5.88 Å². The molecule has 4 aromatic rings. The molecule has 0 unspecified atom stereocenters. The number of nitrogens with zero attached hydrogens (tertiary/aromatic N) is 3. The van der Waals surface area contributed by atoms with Gasteiger partial charge < -0.3 is 10.1 Å². The quantitative estimate of drug-likeness (QED) is 0.416. The molecular weight excluding hydrogens is 414 g/mol. The van der Waals surface area contributed by atoms with E-state index in [1.807, 2.05) is 42.5 Å². The zero-order chi connectivity index (χ0) is 22.0. The molecule has 0 fully saturated rings. The predicted octanol–water partition coefficient (Wildman–Crippen LogP) is 5.24. The molecule has 2 aromatic heterocycles. The first-order chi connectivity index (χ1) is 14.8. The minimum Gasteiger partial charge on any atom is -0.405 e. The SMILES string of the molecule is CC(C)(C)C(=O)Oc1n[nH]cc1-c1ccc2nc(NCc3cccc(Cl)c3)cnc2c1. The molecule has 0 saturated heterocycles. The zero-order valence-corrected chi connectivity index (χ0v) is 18.2. The fourth-order valence-electron chi connectivity index (χ4n) is 2.91. The van der Waals surface area contributed by atoms with E-state index in [4.69, 9.17) is 16.3 Å². The van der Waals surface area contributed by atoms with Gasteiger partial charge in [-0.05, 0) is 56.2 Å². The number of carbonyl (C=O) groups excluding carboxylic acids is 1. The second-order valence-corrected chi connectivity index (χ2v) is 8.62. The van der Waals surface area contributed by atoms with Crippen molar-refractivity contribution in [3.63, 3.8) is 0 Å². The van der Waals surface area contributed by atoms with Crippen molar-refractivity contribution in [1.82, 2.24) is 20.2 Å². The molecule has 0 aliphatic heterocycles. The molecule has 0 atom stereocenters. The number of H-pyrrole nitrogens is 1. The normalized spacial score (nSPS) is 11.5. The molecule has 0 bridgehead atoms. The van der Waals surface area contributed by atoms with Crippen LogP contribution in [0.3, 0.4) is 0 Å². The van der Waals surface area contributed by atoms with Gasteiger partial charge in [-0.3, -0.25) is 14.9 Å². The number of esters is 1. The summed E-state index contributed by atoms with van der Waals surface area (Å²) in [7, 11) is 0. The van der Waals surface area contributed by atoms with Crippen LogP contribution in [0.15, 0.2) is 54.9 Å². The van der Waals surface area contributed by atoms with Crippen LogP contribution < -0.4 is 10.1 Å². The molecule has 2 N–H and O–H groups in total. The minimum absolute atomic E-state index is 0.243. The number of anilines is 1. The fourth-order valence-corrected chi connectivity index (χ4v) is 3.12. The minimum atomic E-state index is -0.625. The first-order valence-corrected chi connectivity index (χ1v) is 10.2. The molecule has 0 spiro atoms. The van der Waals surface area contributed by atoms with Gasteiger partial charge in [0.15, 0.2) is 0 Å². The molecule has 7 nitrogen and oxygen atoms in total. The van der Waals surface area contributed by atoms with Gasteiger partial charge in [-0.1, -0.05) is 29.8 Å². The van der Waals surface area contributed by atoms with E-state index in [1.165, 1.54) is 0 Å². The second kappa shape index (κ2) is 8.35. The van der Waals surface area contributed by atoms with Crippen molar-refractivity contribution < 1.29 is 9.53 Å². The van der Waals surface area contributed by atoms with Crippen LogP contribution in [0.1, 0.15) is 26.3 Å². The number of nitrogens with one attached hydrogen (secondary N) is 2. The number of carbonyl (C=O) groups is 1. The molecule has 0 amide bonds. The Morgan fingerprint density at radius 2 is 2.00 bits per heavy atom. The zero-order valence-electron chi connectivity index (χ0n) is 17.4. The third-order valence-electron chi connectivity index (χ3n) is 4.62. The summed E-state index contributed by atoms with van der Waals surface area (Å²) < 4.78 is 5.48. The summed E-state index contributed by atoms with van der Waals surface area (Å²) in [4.78, 5) is 21.4. The van der Waals surface area contributed by atoms with Gasteiger partial charge in [0.25, 0.3) is 0 Å². The highest BCUT2D eigenvalue weighted by Gasteiger charge is 2.26. The summed E-state index contributed by atoms with van der Waals surface area (Å²) in [5.41, 5.74) is 3.41. The Bertz CT molecular complexity index is 1250. The number of benzene rings is 2. The Morgan fingerprint density at radius 3 is 2.77 bits per heavy atom. The van der Waals surface area contributed by atoms with Crippen LogP contribution in [0.4, 0.5) is 5.82 Å². The third kappa shape index (κ3) is 4.83. The standard InChI is InChI=1S/C23H22ClN5O2/c1-23(2,3)22(30)31-21-17(12-27-29-21)15-7-8-18-19(10-15)25-13-20(28-18)26-11-14-5-4-6-16(24)9-14/h4-10,12-13H,11H2,1-3H3,(H,26,28)(H,27,29). The van der Waals surface area contributed by atoms with Gasteiger partial charge in [0.1, 0.15) is 5.82 Å². The molecule has 0 aliphatic rings. The molecule has 31 heavy (non-hydrogen) atoms. The lowest BCUT2D eigenvalue weighted by molar-refractivity contribution is -0.143. The highest BCUT2D eigenvalue weighted by Crippen LogP contribution is 2.31. The van der Waals surface area contributed by atoms with Gasteiger partial charge in [0.2, 0.25) is 5.88 Å². The fraction of sp³-hybridized carbons (Fsp3) is 0.217. The van der Waals surface area contributed by atoms with E-state index >= 15 is 0 Å². The summed E-state index contributed by atoms with van der Waals surface area (Å²) in [5.74, 6) is 0.562. The summed E-state index contributed by atoms with van der Waals surface area (Å²) in [6.45, 7) is 5.98. The van der Waals surface area contributed by atoms with Gasteiger partial charge in [-0.15, -0.1) is 5.10 Å². The summed E-state index contributed by atoms with van der Waals surface area (Å²) in [6, 6.07) is 13.3. The van der Waals surface area contributed by atoms with Crippen LogP contribution in [0.2, 0.25) is 5.02 Å². The van der Waals surface area contributed by atoms with Crippen LogP contribution in [-0.4, -0.2) is 26.1 Å². The van der Waals surface area contributed by atoms with Gasteiger partial charge in [-0.2, -0.15) is 0 Å². The van der Waals surface area contributed by atoms with Gasteiger partial charge in [0, 0.05) is 17.8 Å². The molecule has 2 aromatic carbocycles. The molecule has 158 valence electrons. The van der Waals surface area contributed by atoms with Crippen molar-refractivity contribution in [2.45, 2.75) is 27.3 Å². The van der Waals surface area contributed by atoms with Crippen LogP contribution >= 0.6 is 11.6 Å². The van der Waals surface area contributed by atoms with Gasteiger partial charge in [0.05, 0.1) is 28.2 Å². The highest BCUT2D eigenvalue weighted by molar-refractivity contribution is 6.30. The Balaban J connectivity index is 1.54. The van der Waals surface area contributed by atoms with E-state index in [0.29, 0.717) is 22.9 Å². The molecule has 0 aliphatic carbocycles. The van der Waals surface area contributed by atoms with E-state index in [9.17, 15) is 4.79 Å². The lowest BCUT2D eigenvalue weighted by atomic mass is 9.97. The molecule has 4 rings (SSSR count). The first-order valence-electron chi connectivity index (χ1n) is 9.81. The average molecular weight is 436 g/mol. The lowest BCUT2D eigenvalue weighted by Crippen LogP contribution is -2.25. The van der Waals surface area contributed by atoms with Crippen molar-refractivity contribution in [2.75, 3.05) is 5.32 Å². The number of halogens is 1. The number of aromatic amines is 1. The predicted molar refractivity (Wildman–Crippen MR) is 121 cm³/mol. The molecule has 8 heteroatoms. The van der Waals surface area contributed by atoms with Crippen molar-refractivity contribution >= 4 is 34.4 Å². The van der Waals surface area contributed by atoms with Crippen LogP contribution in [0, 0.1) is 5.41 Å². The number of rotatable bonds is 5. The van der Waals surface area contributed by atoms with E-state index < -0.39 is 5.41 Å². The molecule has 2 heterocycles. The Labute approximate surface area is 184 Å². The van der Waals surface area contributed by atoms with Crippen molar-refractivity contribution in [3.8, 4) is 17.0 Å². The summed E-state index contributed by atoms with van der Waals surface area (Å²) in [5, 5.41) is 10.8. The summed E-state index contributed by atoms with van der Waals surface area (Å²) >= 11 is 6.03. The first kappa shape index (κ1) is 20.8. The monoisotopic (exact) mass is 435 g/mol. The summed E-state index contributed by atoms with van der Waals surface area (Å²) in [6.07, 6.45) is 3.38. The second-order valence-electron chi connectivity index (χ2n) is 8.19. The maximum Gasteiger partial charge on any atom is 0.318 e. The van der Waals surface area contributed by atoms with E-state index in [-0.39, 0.29) is 11.8 Å². The van der Waals surface area contributed by atoms with E-state index in [1.54, 1.807) is 33.2 Å². The van der Waals surface area contributed by atoms with Crippen molar-refractivity contribution in [1.29, 1.82) is 0 Å². The largest absolute Gasteiger partial charge is 0.405 e. The molecule has 0 saturated carbocycles. The highest BCUT2D eigenvalue weighted by atomic mass is 35.5. The maximum absolute atomic E-state index is 12.2.